The van der Waals surface area contributed by atoms with Gasteiger partial charge in [-0.2, -0.15) is 10.1 Å². The van der Waals surface area contributed by atoms with Crippen LogP contribution in [0.2, 0.25) is 0 Å². The van der Waals surface area contributed by atoms with Crippen molar-refractivity contribution in [2.75, 3.05) is 5.73 Å². The molecule has 0 radical (unpaired) electrons. The third-order valence-corrected chi connectivity index (χ3v) is 3.06. The van der Waals surface area contributed by atoms with Crippen LogP contribution in [0.1, 0.15) is 11.6 Å². The molecule has 0 aliphatic rings. The first-order valence-electron chi connectivity index (χ1n) is 6.35. The van der Waals surface area contributed by atoms with Crippen molar-refractivity contribution in [2.45, 2.75) is 6.42 Å². The number of anilines is 1. The summed E-state index contributed by atoms with van der Waals surface area (Å²) in [6.07, 6.45) is 0.460. The molecule has 0 saturated heterocycles. The van der Waals surface area contributed by atoms with Gasteiger partial charge in [-0.1, -0.05) is 17.3 Å². The quantitative estimate of drug-likeness (QED) is 0.523. The highest BCUT2D eigenvalue weighted by Gasteiger charge is 2.13. The van der Waals surface area contributed by atoms with E-state index in [1.165, 1.54) is 0 Å². The maximum Gasteiger partial charge on any atom is 0.276 e. The van der Waals surface area contributed by atoms with Gasteiger partial charge in [-0.3, -0.25) is 5.10 Å². The van der Waals surface area contributed by atoms with E-state index in [1.807, 2.05) is 24.3 Å². The van der Waals surface area contributed by atoms with E-state index in [0.29, 0.717) is 29.6 Å². The second kappa shape index (κ2) is 4.44. The van der Waals surface area contributed by atoms with Crippen molar-refractivity contribution in [3.05, 3.63) is 42.0 Å². The van der Waals surface area contributed by atoms with Gasteiger partial charge >= 0.3 is 0 Å². The van der Waals surface area contributed by atoms with Gasteiger partial charge in [0, 0.05) is 6.07 Å². The zero-order valence-electron chi connectivity index (χ0n) is 10.9. The number of nitrogens with zero attached hydrogens (tertiary/aromatic N) is 4. The van der Waals surface area contributed by atoms with Crippen molar-refractivity contribution in [3.8, 4) is 11.6 Å². The van der Waals surface area contributed by atoms with Crippen molar-refractivity contribution in [1.29, 1.82) is 0 Å². The summed E-state index contributed by atoms with van der Waals surface area (Å²) < 4.78 is 5.18. The van der Waals surface area contributed by atoms with Gasteiger partial charge in [0.1, 0.15) is 17.3 Å². The minimum Gasteiger partial charge on any atom is -0.382 e. The van der Waals surface area contributed by atoms with Crippen molar-refractivity contribution in [2.24, 2.45) is 0 Å². The molecule has 0 fully saturated rings. The fourth-order valence-corrected chi connectivity index (χ4v) is 2.12. The third-order valence-electron chi connectivity index (χ3n) is 3.06. The zero-order valence-corrected chi connectivity index (χ0v) is 10.9. The van der Waals surface area contributed by atoms with E-state index in [1.54, 1.807) is 6.07 Å². The number of nitrogens with one attached hydrogen (secondary N) is 2. The van der Waals surface area contributed by atoms with Gasteiger partial charge in [0.25, 0.3) is 5.89 Å². The summed E-state index contributed by atoms with van der Waals surface area (Å²) in [6.45, 7) is 0. The lowest BCUT2D eigenvalue weighted by atomic mass is 10.3. The van der Waals surface area contributed by atoms with Gasteiger partial charge < -0.3 is 15.2 Å². The summed E-state index contributed by atoms with van der Waals surface area (Å²) in [5, 5.41) is 10.5. The van der Waals surface area contributed by atoms with Crippen molar-refractivity contribution < 1.29 is 4.52 Å². The predicted molar refractivity (Wildman–Crippen MR) is 75.2 cm³/mol. The number of para-hydroxylation sites is 2. The Balaban J connectivity index is 1.61. The average molecular weight is 281 g/mol. The molecule has 0 aliphatic heterocycles. The Bertz CT molecular complexity index is 871. The lowest BCUT2D eigenvalue weighted by molar-refractivity contribution is 0.422. The Hall–Kier alpha value is -3.16. The molecule has 4 N–H and O–H groups in total. The maximum atomic E-state index is 5.54. The Morgan fingerprint density at radius 3 is 2.90 bits per heavy atom. The van der Waals surface area contributed by atoms with Crippen LogP contribution in [0.4, 0.5) is 5.82 Å². The largest absolute Gasteiger partial charge is 0.382 e. The van der Waals surface area contributed by atoms with Gasteiger partial charge in [0.2, 0.25) is 0 Å². The standard InChI is InChI=1S/C13H11N7O/c14-10-5-9(18-19-10)13-17-12(20-21-13)6-11-15-7-3-1-2-4-8(7)16-11/h1-5H,6H2,(H,15,16)(H3,14,18,19). The second-order valence-corrected chi connectivity index (χ2v) is 4.60. The molecule has 3 heterocycles. The van der Waals surface area contributed by atoms with Crippen LogP contribution in [0.3, 0.4) is 0 Å². The van der Waals surface area contributed by atoms with E-state index in [4.69, 9.17) is 10.3 Å². The number of H-pyrrole nitrogens is 2. The summed E-state index contributed by atoms with van der Waals surface area (Å²) in [6, 6.07) is 9.46. The van der Waals surface area contributed by atoms with Gasteiger partial charge in [-0.25, -0.2) is 4.98 Å². The average Bonchev–Trinajstić information content (AvgIpc) is 3.17. The van der Waals surface area contributed by atoms with E-state index in [0.717, 1.165) is 16.9 Å². The molecule has 4 aromatic rings. The van der Waals surface area contributed by atoms with Crippen LogP contribution in [-0.2, 0) is 6.42 Å². The molecule has 0 amide bonds. The van der Waals surface area contributed by atoms with Crippen molar-refractivity contribution in [1.82, 2.24) is 30.3 Å². The molecule has 0 saturated carbocycles. The van der Waals surface area contributed by atoms with Crippen LogP contribution in [0.25, 0.3) is 22.6 Å². The maximum absolute atomic E-state index is 5.54. The first-order chi connectivity index (χ1) is 10.3. The van der Waals surface area contributed by atoms with E-state index >= 15 is 0 Å². The summed E-state index contributed by atoms with van der Waals surface area (Å²) in [5.41, 5.74) is 8.03. The summed E-state index contributed by atoms with van der Waals surface area (Å²) >= 11 is 0. The topological polar surface area (TPSA) is 122 Å². The smallest absolute Gasteiger partial charge is 0.276 e. The number of rotatable bonds is 3. The number of nitrogen functional groups attached to an aromatic ring is 1. The SMILES string of the molecule is Nc1cc(-c2nc(Cc3nc4ccccc4[nH]3)no2)[nH]n1. The van der Waals surface area contributed by atoms with Gasteiger partial charge in [0.15, 0.2) is 5.82 Å². The molecular formula is C13H11N7O. The fraction of sp³-hybridized carbons (Fsp3) is 0.0769. The Labute approximate surface area is 118 Å². The number of hydrogen-bond acceptors (Lipinski definition) is 6. The van der Waals surface area contributed by atoms with E-state index in [2.05, 4.69) is 30.3 Å². The predicted octanol–water partition coefficient (Wildman–Crippen LogP) is 1.51. The van der Waals surface area contributed by atoms with Crippen LogP contribution in [0.15, 0.2) is 34.9 Å². The van der Waals surface area contributed by atoms with Crippen LogP contribution >= 0.6 is 0 Å². The van der Waals surface area contributed by atoms with Gasteiger partial charge in [-0.05, 0) is 12.1 Å². The molecule has 4 rings (SSSR count). The molecule has 8 nitrogen and oxygen atoms in total. The highest BCUT2D eigenvalue weighted by Crippen LogP contribution is 2.17. The van der Waals surface area contributed by atoms with E-state index < -0.39 is 0 Å². The second-order valence-electron chi connectivity index (χ2n) is 4.60. The number of benzene rings is 1. The molecule has 21 heavy (non-hydrogen) atoms. The first-order valence-corrected chi connectivity index (χ1v) is 6.35. The summed E-state index contributed by atoms with van der Waals surface area (Å²) in [4.78, 5) is 12.0. The highest BCUT2D eigenvalue weighted by atomic mass is 16.5. The van der Waals surface area contributed by atoms with Crippen LogP contribution in [-0.4, -0.2) is 30.3 Å². The molecule has 3 aromatic heterocycles. The molecule has 0 bridgehead atoms. The van der Waals surface area contributed by atoms with Gasteiger partial charge in [0.05, 0.1) is 17.5 Å². The summed E-state index contributed by atoms with van der Waals surface area (Å²) in [7, 11) is 0. The molecule has 104 valence electrons. The van der Waals surface area contributed by atoms with Crippen LogP contribution in [0.5, 0.6) is 0 Å². The van der Waals surface area contributed by atoms with Crippen molar-refractivity contribution >= 4 is 16.9 Å². The molecular weight excluding hydrogens is 270 g/mol. The van der Waals surface area contributed by atoms with Crippen LogP contribution in [0, 0.1) is 0 Å². The zero-order chi connectivity index (χ0) is 14.2. The van der Waals surface area contributed by atoms with E-state index in [-0.39, 0.29) is 0 Å². The number of hydrogen-bond donors (Lipinski definition) is 3. The lowest BCUT2D eigenvalue weighted by Crippen LogP contribution is -1.93. The van der Waals surface area contributed by atoms with E-state index in [9.17, 15) is 0 Å². The van der Waals surface area contributed by atoms with Gasteiger partial charge in [-0.15, -0.1) is 0 Å². The number of imidazole rings is 1. The molecule has 8 heteroatoms. The van der Waals surface area contributed by atoms with Crippen LogP contribution < -0.4 is 5.73 Å². The Morgan fingerprint density at radius 1 is 1.19 bits per heavy atom. The normalized spacial score (nSPS) is 11.2. The number of nitrogens with two attached hydrogens (primary N) is 1. The molecule has 0 spiro atoms. The molecule has 0 aliphatic carbocycles. The number of fused-ring (bicyclic) bond motifs is 1. The first kappa shape index (κ1) is 11.6. The number of aromatic nitrogens is 6. The lowest BCUT2D eigenvalue weighted by Gasteiger charge is -1.87. The highest BCUT2D eigenvalue weighted by molar-refractivity contribution is 5.74. The Morgan fingerprint density at radius 2 is 2.10 bits per heavy atom. The molecule has 1 aromatic carbocycles. The third kappa shape index (κ3) is 2.12. The minimum absolute atomic E-state index is 0.352. The van der Waals surface area contributed by atoms with Crippen molar-refractivity contribution in [3.63, 3.8) is 0 Å². The minimum atomic E-state index is 0.352. The number of aromatic amines is 2. The monoisotopic (exact) mass is 281 g/mol. The summed E-state index contributed by atoms with van der Waals surface area (Å²) in [5.74, 6) is 2.05. The Kier molecular flexibility index (Phi) is 2.46. The molecule has 0 atom stereocenters. The molecule has 0 unspecified atom stereocenters. The fourth-order valence-electron chi connectivity index (χ4n) is 2.12.